The molecule has 3 heteroatoms. The molecule has 1 aliphatic rings. The van der Waals surface area contributed by atoms with E-state index in [0.29, 0.717) is 18.1 Å². The van der Waals surface area contributed by atoms with Gasteiger partial charge >= 0.3 is 5.97 Å². The van der Waals surface area contributed by atoms with Gasteiger partial charge in [-0.25, -0.2) is 0 Å². The SMILES string of the molecule is CCOC(=O)C1CCC(NCCC(C)(C)C)CC1. The van der Waals surface area contributed by atoms with Gasteiger partial charge in [0.15, 0.2) is 0 Å². The summed E-state index contributed by atoms with van der Waals surface area (Å²) in [5, 5.41) is 3.62. The van der Waals surface area contributed by atoms with E-state index in [9.17, 15) is 4.79 Å². The summed E-state index contributed by atoms with van der Waals surface area (Å²) >= 11 is 0. The highest BCUT2D eigenvalue weighted by molar-refractivity contribution is 5.72. The molecule has 0 unspecified atom stereocenters. The van der Waals surface area contributed by atoms with E-state index in [1.807, 2.05) is 6.92 Å². The first-order valence-electron chi connectivity index (χ1n) is 7.32. The second-order valence-electron chi connectivity index (χ2n) is 6.57. The summed E-state index contributed by atoms with van der Waals surface area (Å²) in [4.78, 5) is 11.6. The quantitative estimate of drug-likeness (QED) is 0.767. The Bertz CT molecular complexity index is 250. The number of esters is 1. The molecule has 0 aromatic heterocycles. The zero-order valence-corrected chi connectivity index (χ0v) is 12.4. The average molecular weight is 255 g/mol. The van der Waals surface area contributed by atoms with Crippen LogP contribution in [0.5, 0.6) is 0 Å². The maximum Gasteiger partial charge on any atom is 0.308 e. The van der Waals surface area contributed by atoms with E-state index in [2.05, 4.69) is 26.1 Å². The van der Waals surface area contributed by atoms with Crippen molar-refractivity contribution in [2.24, 2.45) is 11.3 Å². The molecule has 0 aromatic carbocycles. The van der Waals surface area contributed by atoms with Crippen LogP contribution < -0.4 is 5.32 Å². The van der Waals surface area contributed by atoms with Gasteiger partial charge in [0.05, 0.1) is 12.5 Å². The summed E-state index contributed by atoms with van der Waals surface area (Å²) in [7, 11) is 0. The summed E-state index contributed by atoms with van der Waals surface area (Å²) in [5.74, 6) is 0.149. The molecule has 0 amide bonds. The molecule has 1 saturated carbocycles. The number of hydrogen-bond donors (Lipinski definition) is 1. The summed E-state index contributed by atoms with van der Waals surface area (Å²) in [6, 6.07) is 0.595. The van der Waals surface area contributed by atoms with Gasteiger partial charge in [-0.2, -0.15) is 0 Å². The molecule has 106 valence electrons. The van der Waals surface area contributed by atoms with Crippen LogP contribution in [0, 0.1) is 11.3 Å². The first-order valence-corrected chi connectivity index (χ1v) is 7.32. The Balaban J connectivity index is 2.17. The molecule has 0 aromatic rings. The minimum atomic E-state index is 0.00522. The summed E-state index contributed by atoms with van der Waals surface area (Å²) < 4.78 is 5.08. The van der Waals surface area contributed by atoms with Gasteiger partial charge in [-0.3, -0.25) is 4.79 Å². The largest absolute Gasteiger partial charge is 0.466 e. The lowest BCUT2D eigenvalue weighted by atomic mass is 9.85. The minimum Gasteiger partial charge on any atom is -0.466 e. The number of hydrogen-bond acceptors (Lipinski definition) is 3. The fourth-order valence-corrected chi connectivity index (χ4v) is 2.44. The van der Waals surface area contributed by atoms with Crippen LogP contribution in [-0.2, 0) is 9.53 Å². The topological polar surface area (TPSA) is 38.3 Å². The lowest BCUT2D eigenvalue weighted by Crippen LogP contribution is -2.36. The normalized spacial score (nSPS) is 24.9. The Labute approximate surface area is 112 Å². The summed E-state index contributed by atoms with van der Waals surface area (Å²) in [5.41, 5.74) is 0.398. The predicted molar refractivity (Wildman–Crippen MR) is 74.5 cm³/mol. The van der Waals surface area contributed by atoms with E-state index >= 15 is 0 Å². The first kappa shape index (κ1) is 15.5. The van der Waals surface area contributed by atoms with Crippen molar-refractivity contribution < 1.29 is 9.53 Å². The fraction of sp³-hybridized carbons (Fsp3) is 0.933. The van der Waals surface area contributed by atoms with Gasteiger partial charge in [0.2, 0.25) is 0 Å². The Hall–Kier alpha value is -0.570. The van der Waals surface area contributed by atoms with Gasteiger partial charge in [0, 0.05) is 6.04 Å². The maximum absolute atomic E-state index is 11.6. The van der Waals surface area contributed by atoms with Crippen molar-refractivity contribution in [3.8, 4) is 0 Å². The van der Waals surface area contributed by atoms with Crippen LogP contribution in [0.2, 0.25) is 0 Å². The molecule has 1 aliphatic carbocycles. The molecule has 0 spiro atoms. The van der Waals surface area contributed by atoms with Gasteiger partial charge in [-0.1, -0.05) is 20.8 Å². The number of ether oxygens (including phenoxy) is 1. The van der Waals surface area contributed by atoms with Crippen molar-refractivity contribution in [3.05, 3.63) is 0 Å². The molecule has 1 rings (SSSR count). The van der Waals surface area contributed by atoms with Crippen molar-refractivity contribution >= 4 is 5.97 Å². The average Bonchev–Trinajstić information content (AvgIpc) is 2.28. The third kappa shape index (κ3) is 5.85. The van der Waals surface area contributed by atoms with Crippen molar-refractivity contribution in [3.63, 3.8) is 0 Å². The van der Waals surface area contributed by atoms with E-state index in [0.717, 1.165) is 32.2 Å². The molecule has 0 atom stereocenters. The van der Waals surface area contributed by atoms with Gasteiger partial charge in [0.25, 0.3) is 0 Å². The molecule has 1 fully saturated rings. The van der Waals surface area contributed by atoms with E-state index in [4.69, 9.17) is 4.74 Å². The monoisotopic (exact) mass is 255 g/mol. The van der Waals surface area contributed by atoms with Crippen LogP contribution in [0.3, 0.4) is 0 Å². The van der Waals surface area contributed by atoms with Crippen LogP contribution in [0.15, 0.2) is 0 Å². The van der Waals surface area contributed by atoms with Crippen molar-refractivity contribution in [1.82, 2.24) is 5.32 Å². The summed E-state index contributed by atoms with van der Waals surface area (Å²) in [6.07, 6.45) is 5.37. The van der Waals surface area contributed by atoms with Crippen LogP contribution >= 0.6 is 0 Å². The molecule has 0 saturated heterocycles. The highest BCUT2D eigenvalue weighted by Crippen LogP contribution is 2.26. The summed E-state index contributed by atoms with van der Waals surface area (Å²) in [6.45, 7) is 10.3. The van der Waals surface area contributed by atoms with Crippen LogP contribution in [0.1, 0.15) is 59.8 Å². The van der Waals surface area contributed by atoms with Crippen LogP contribution in [0.4, 0.5) is 0 Å². The lowest BCUT2D eigenvalue weighted by molar-refractivity contribution is -0.149. The second-order valence-corrected chi connectivity index (χ2v) is 6.57. The standard InChI is InChI=1S/C15H29NO2/c1-5-18-14(17)12-6-8-13(9-7-12)16-11-10-15(2,3)4/h12-13,16H,5-11H2,1-4H3. The van der Waals surface area contributed by atoms with Crippen LogP contribution in [0.25, 0.3) is 0 Å². The van der Waals surface area contributed by atoms with Gasteiger partial charge in [0.1, 0.15) is 0 Å². The highest BCUT2D eigenvalue weighted by Gasteiger charge is 2.26. The molecule has 0 radical (unpaired) electrons. The highest BCUT2D eigenvalue weighted by atomic mass is 16.5. The molecule has 0 aliphatic heterocycles. The number of nitrogens with one attached hydrogen (secondary N) is 1. The molecular formula is C15H29NO2. The second kappa shape index (κ2) is 7.13. The number of carbonyl (C=O) groups is 1. The van der Waals surface area contributed by atoms with Gasteiger partial charge in [-0.15, -0.1) is 0 Å². The third-order valence-electron chi connectivity index (χ3n) is 3.66. The smallest absolute Gasteiger partial charge is 0.308 e. The van der Waals surface area contributed by atoms with E-state index in [1.165, 1.54) is 6.42 Å². The van der Waals surface area contributed by atoms with Crippen LogP contribution in [-0.4, -0.2) is 25.2 Å². The predicted octanol–water partition coefficient (Wildman–Crippen LogP) is 3.13. The Kier molecular flexibility index (Phi) is 6.13. The molecule has 3 nitrogen and oxygen atoms in total. The minimum absolute atomic E-state index is 0.00522. The van der Waals surface area contributed by atoms with E-state index < -0.39 is 0 Å². The van der Waals surface area contributed by atoms with Crippen molar-refractivity contribution in [1.29, 1.82) is 0 Å². The van der Waals surface area contributed by atoms with Gasteiger partial charge < -0.3 is 10.1 Å². The third-order valence-corrected chi connectivity index (χ3v) is 3.66. The lowest BCUT2D eigenvalue weighted by Gasteiger charge is -2.29. The van der Waals surface area contributed by atoms with Crippen molar-refractivity contribution in [2.75, 3.05) is 13.2 Å². The molecular weight excluding hydrogens is 226 g/mol. The Morgan fingerprint density at radius 2 is 1.83 bits per heavy atom. The zero-order valence-electron chi connectivity index (χ0n) is 12.4. The molecule has 1 N–H and O–H groups in total. The first-order chi connectivity index (χ1) is 8.42. The molecule has 0 bridgehead atoms. The van der Waals surface area contributed by atoms with E-state index in [1.54, 1.807) is 0 Å². The Morgan fingerprint density at radius 3 is 2.33 bits per heavy atom. The molecule has 0 heterocycles. The number of carbonyl (C=O) groups excluding carboxylic acids is 1. The Morgan fingerprint density at radius 1 is 1.22 bits per heavy atom. The fourth-order valence-electron chi connectivity index (χ4n) is 2.44. The van der Waals surface area contributed by atoms with Crippen molar-refractivity contribution in [2.45, 2.75) is 65.8 Å². The van der Waals surface area contributed by atoms with E-state index in [-0.39, 0.29) is 11.9 Å². The van der Waals surface area contributed by atoms with Gasteiger partial charge in [-0.05, 0) is 51.0 Å². The maximum atomic E-state index is 11.6. The molecule has 18 heavy (non-hydrogen) atoms. The number of rotatable bonds is 5. The zero-order chi connectivity index (χ0) is 13.6.